The second kappa shape index (κ2) is 6.22. The molecule has 0 heterocycles. The quantitative estimate of drug-likeness (QED) is 0.435. The van der Waals surface area contributed by atoms with Crippen LogP contribution >= 0.6 is 34.8 Å². The largest absolute Gasteiger partial charge is 0.270 e. The van der Waals surface area contributed by atoms with Crippen LogP contribution < -0.4 is 0 Å². The second-order valence-corrected chi connectivity index (χ2v) is 5.07. The van der Waals surface area contributed by atoms with Crippen LogP contribution in [0, 0.1) is 10.1 Å². The van der Waals surface area contributed by atoms with E-state index >= 15 is 0 Å². The van der Waals surface area contributed by atoms with Crippen molar-refractivity contribution < 1.29 is 4.92 Å². The Balaban J connectivity index is 2.35. The van der Waals surface area contributed by atoms with E-state index in [9.17, 15) is 10.1 Å². The van der Waals surface area contributed by atoms with Crippen LogP contribution in [0.25, 0.3) is 0 Å². The number of nitro benzene ring substituents is 1. The Morgan fingerprint density at radius 1 is 1.05 bits per heavy atom. The van der Waals surface area contributed by atoms with E-state index in [0.717, 1.165) is 0 Å². The zero-order valence-corrected chi connectivity index (χ0v) is 12.2. The second-order valence-electron chi connectivity index (χ2n) is 3.82. The summed E-state index contributed by atoms with van der Waals surface area (Å²) in [5.41, 5.74) is 0.878. The Kier molecular flexibility index (Phi) is 4.60. The maximum atomic E-state index is 10.7. The molecule has 0 aliphatic rings. The van der Waals surface area contributed by atoms with Crippen molar-refractivity contribution in [2.75, 3.05) is 0 Å². The molecule has 0 bridgehead atoms. The fraction of sp³-hybridized carbons (Fsp3) is 0. The van der Waals surface area contributed by atoms with E-state index in [1.807, 2.05) is 0 Å². The minimum Gasteiger partial charge on any atom is -0.258 e. The van der Waals surface area contributed by atoms with Crippen LogP contribution in [0.4, 0.5) is 11.4 Å². The van der Waals surface area contributed by atoms with Gasteiger partial charge in [0, 0.05) is 34.0 Å². The molecule has 7 heteroatoms. The van der Waals surface area contributed by atoms with Gasteiger partial charge in [-0.2, -0.15) is 0 Å². The maximum absolute atomic E-state index is 10.7. The zero-order chi connectivity index (χ0) is 14.7. The van der Waals surface area contributed by atoms with Gasteiger partial charge in [0.2, 0.25) is 0 Å². The van der Waals surface area contributed by atoms with Gasteiger partial charge in [0.15, 0.2) is 0 Å². The van der Waals surface area contributed by atoms with E-state index in [0.29, 0.717) is 26.3 Å². The topological polar surface area (TPSA) is 55.5 Å². The van der Waals surface area contributed by atoms with Crippen molar-refractivity contribution in [3.8, 4) is 0 Å². The van der Waals surface area contributed by atoms with E-state index in [1.165, 1.54) is 24.4 Å². The van der Waals surface area contributed by atoms with Crippen LogP contribution in [0.1, 0.15) is 5.56 Å². The normalized spacial score (nSPS) is 10.9. The van der Waals surface area contributed by atoms with Crippen LogP contribution in [-0.4, -0.2) is 11.1 Å². The van der Waals surface area contributed by atoms with E-state index in [2.05, 4.69) is 4.99 Å². The maximum Gasteiger partial charge on any atom is 0.270 e. The lowest BCUT2D eigenvalue weighted by Crippen LogP contribution is -1.90. The molecule has 2 aromatic rings. The summed E-state index contributed by atoms with van der Waals surface area (Å²) in [6.45, 7) is 0. The van der Waals surface area contributed by atoms with Crippen molar-refractivity contribution in [3.63, 3.8) is 0 Å². The monoisotopic (exact) mass is 328 g/mol. The third-order valence-corrected chi connectivity index (χ3v) is 3.32. The Labute approximate surface area is 129 Å². The summed E-state index contributed by atoms with van der Waals surface area (Å²) in [5.74, 6) is 0. The van der Waals surface area contributed by atoms with Crippen molar-refractivity contribution in [2.45, 2.75) is 0 Å². The molecular formula is C13H7Cl3N2O2. The fourth-order valence-electron chi connectivity index (χ4n) is 1.47. The standard InChI is InChI=1S/C13H7Cl3N2O2/c14-9-1-4-13(12(16)6-9)17-7-8-5-10(18(19)20)2-3-11(8)15/h1-7H. The molecule has 0 fully saturated rings. The van der Waals surface area contributed by atoms with Crippen molar-refractivity contribution in [1.82, 2.24) is 0 Å². The van der Waals surface area contributed by atoms with Crippen LogP contribution in [0.15, 0.2) is 41.4 Å². The Morgan fingerprint density at radius 2 is 1.80 bits per heavy atom. The number of hydrogen-bond donors (Lipinski definition) is 0. The summed E-state index contributed by atoms with van der Waals surface area (Å²) >= 11 is 17.7. The molecule has 0 unspecified atom stereocenters. The van der Waals surface area contributed by atoms with Gasteiger partial charge in [0.25, 0.3) is 5.69 Å². The van der Waals surface area contributed by atoms with E-state index in [4.69, 9.17) is 34.8 Å². The van der Waals surface area contributed by atoms with Crippen molar-refractivity contribution >= 4 is 52.4 Å². The summed E-state index contributed by atoms with van der Waals surface area (Å²) in [6, 6.07) is 8.97. The van der Waals surface area contributed by atoms with E-state index in [-0.39, 0.29) is 5.69 Å². The van der Waals surface area contributed by atoms with Crippen molar-refractivity contribution in [2.24, 2.45) is 4.99 Å². The fourth-order valence-corrected chi connectivity index (χ4v) is 2.09. The summed E-state index contributed by atoms with van der Waals surface area (Å²) in [7, 11) is 0. The van der Waals surface area contributed by atoms with Gasteiger partial charge in [-0.1, -0.05) is 34.8 Å². The lowest BCUT2D eigenvalue weighted by atomic mass is 10.2. The number of nitro groups is 1. The number of benzene rings is 2. The summed E-state index contributed by atoms with van der Waals surface area (Å²) in [6.07, 6.45) is 1.42. The average Bonchev–Trinajstić information content (AvgIpc) is 2.39. The Bertz CT molecular complexity index is 702. The first-order chi connectivity index (χ1) is 9.47. The molecular weight excluding hydrogens is 323 g/mol. The number of halogens is 3. The molecule has 102 valence electrons. The molecule has 0 aromatic heterocycles. The lowest BCUT2D eigenvalue weighted by Gasteiger charge is -2.00. The molecule has 2 aromatic carbocycles. The van der Waals surface area contributed by atoms with Gasteiger partial charge in [0.05, 0.1) is 15.6 Å². The highest BCUT2D eigenvalue weighted by Gasteiger charge is 2.08. The third kappa shape index (κ3) is 3.48. The molecule has 4 nitrogen and oxygen atoms in total. The molecule has 0 spiro atoms. The highest BCUT2D eigenvalue weighted by Crippen LogP contribution is 2.28. The average molecular weight is 330 g/mol. The zero-order valence-electron chi connectivity index (χ0n) is 9.89. The van der Waals surface area contributed by atoms with Crippen molar-refractivity contribution in [1.29, 1.82) is 0 Å². The van der Waals surface area contributed by atoms with Gasteiger partial charge < -0.3 is 0 Å². The first kappa shape index (κ1) is 14.8. The molecule has 0 amide bonds. The highest BCUT2D eigenvalue weighted by atomic mass is 35.5. The SMILES string of the molecule is O=[N+]([O-])c1ccc(Cl)c(C=Nc2ccc(Cl)cc2Cl)c1. The number of nitrogens with zero attached hydrogens (tertiary/aromatic N) is 2. The smallest absolute Gasteiger partial charge is 0.258 e. The molecule has 20 heavy (non-hydrogen) atoms. The third-order valence-electron chi connectivity index (χ3n) is 2.44. The van der Waals surface area contributed by atoms with E-state index in [1.54, 1.807) is 18.2 Å². The molecule has 2 rings (SSSR count). The first-order valence-electron chi connectivity index (χ1n) is 5.40. The van der Waals surface area contributed by atoms with Gasteiger partial charge in [-0.3, -0.25) is 15.1 Å². The Hall–Kier alpha value is -1.62. The minimum atomic E-state index is -0.497. The van der Waals surface area contributed by atoms with Crippen LogP contribution in [0.5, 0.6) is 0 Å². The van der Waals surface area contributed by atoms with Gasteiger partial charge in [0.1, 0.15) is 0 Å². The number of rotatable bonds is 3. The molecule has 0 saturated heterocycles. The lowest BCUT2D eigenvalue weighted by molar-refractivity contribution is -0.384. The predicted molar refractivity (Wildman–Crippen MR) is 81.8 cm³/mol. The number of aliphatic imine (C=N–C) groups is 1. The molecule has 0 aliphatic heterocycles. The summed E-state index contributed by atoms with van der Waals surface area (Å²) in [4.78, 5) is 14.4. The number of hydrogen-bond acceptors (Lipinski definition) is 3. The predicted octanol–water partition coefficient (Wildman–Crippen LogP) is 5.31. The number of non-ortho nitro benzene ring substituents is 1. The molecule has 0 saturated carbocycles. The van der Waals surface area contributed by atoms with Crippen molar-refractivity contribution in [3.05, 3.63) is 67.1 Å². The molecule has 0 atom stereocenters. The van der Waals surface area contributed by atoms with Crippen LogP contribution in [-0.2, 0) is 0 Å². The van der Waals surface area contributed by atoms with Gasteiger partial charge in [-0.25, -0.2) is 0 Å². The summed E-state index contributed by atoms with van der Waals surface area (Å²) in [5, 5.41) is 12.0. The molecule has 0 N–H and O–H groups in total. The Morgan fingerprint density at radius 3 is 2.45 bits per heavy atom. The highest BCUT2D eigenvalue weighted by molar-refractivity contribution is 6.36. The molecule has 0 aliphatic carbocycles. The molecule has 0 radical (unpaired) electrons. The van der Waals surface area contributed by atoms with Gasteiger partial charge in [-0.05, 0) is 24.3 Å². The van der Waals surface area contributed by atoms with Crippen LogP contribution in [0.3, 0.4) is 0 Å². The van der Waals surface area contributed by atoms with Crippen LogP contribution in [0.2, 0.25) is 15.1 Å². The minimum absolute atomic E-state index is 0.0574. The van der Waals surface area contributed by atoms with E-state index < -0.39 is 4.92 Å². The van der Waals surface area contributed by atoms with Gasteiger partial charge in [-0.15, -0.1) is 0 Å². The summed E-state index contributed by atoms with van der Waals surface area (Å²) < 4.78 is 0. The van der Waals surface area contributed by atoms with Gasteiger partial charge >= 0.3 is 0 Å². The first-order valence-corrected chi connectivity index (χ1v) is 6.54.